The number of aryl methyl sites for hydroxylation is 2. The second kappa shape index (κ2) is 8.31. The predicted octanol–water partition coefficient (Wildman–Crippen LogP) is 2.86. The van der Waals surface area contributed by atoms with Crippen molar-refractivity contribution in [3.05, 3.63) is 47.7 Å². The lowest BCUT2D eigenvalue weighted by molar-refractivity contribution is 0.405. The maximum atomic E-state index is 12.6. The van der Waals surface area contributed by atoms with Gasteiger partial charge in [0.1, 0.15) is 5.82 Å². The van der Waals surface area contributed by atoms with Crippen LogP contribution < -0.4 is 10.0 Å². The Labute approximate surface area is 150 Å². The van der Waals surface area contributed by atoms with Crippen molar-refractivity contribution in [1.82, 2.24) is 9.88 Å². The van der Waals surface area contributed by atoms with Crippen molar-refractivity contribution in [2.45, 2.75) is 25.2 Å². The minimum atomic E-state index is -3.65. The van der Waals surface area contributed by atoms with Crippen LogP contribution in [0.4, 0.5) is 11.5 Å². The van der Waals surface area contributed by atoms with Crippen molar-refractivity contribution >= 4 is 21.5 Å². The number of nitrogens with one attached hydrogen (secondary N) is 2. The highest BCUT2D eigenvalue weighted by Gasteiger charge is 2.17. The molecule has 2 aromatic rings. The standard InChI is InChI=1S/C18H26N4O2S/c1-14-6-7-15(2)17(12-14)25(23,24)21-18-9-8-16(13-20-18)19-10-5-11-22(3)4/h6-9,12-13,19H,5,10-11H2,1-4H3,(H,20,21). The third-order valence-corrected chi connectivity index (χ3v) is 5.24. The number of nitrogens with zero attached hydrogens (tertiary/aromatic N) is 2. The normalized spacial score (nSPS) is 11.6. The number of aromatic nitrogens is 1. The molecule has 1 heterocycles. The Balaban J connectivity index is 2.01. The van der Waals surface area contributed by atoms with Crippen LogP contribution in [0.3, 0.4) is 0 Å². The van der Waals surface area contributed by atoms with Crippen LogP contribution in [-0.4, -0.2) is 45.5 Å². The number of hydrogen-bond donors (Lipinski definition) is 2. The van der Waals surface area contributed by atoms with E-state index in [4.69, 9.17) is 0 Å². The van der Waals surface area contributed by atoms with Crippen LogP contribution in [0, 0.1) is 13.8 Å². The summed E-state index contributed by atoms with van der Waals surface area (Å²) in [5, 5.41) is 3.27. The summed E-state index contributed by atoms with van der Waals surface area (Å²) in [6.45, 7) is 5.50. The van der Waals surface area contributed by atoms with Crippen molar-refractivity contribution in [3.8, 4) is 0 Å². The minimum absolute atomic E-state index is 0.278. The fourth-order valence-electron chi connectivity index (χ4n) is 2.38. The molecule has 0 fully saturated rings. The number of benzene rings is 1. The molecule has 0 bridgehead atoms. The summed E-state index contributed by atoms with van der Waals surface area (Å²) < 4.78 is 27.7. The zero-order chi connectivity index (χ0) is 18.4. The molecule has 0 atom stereocenters. The fraction of sp³-hybridized carbons (Fsp3) is 0.389. The van der Waals surface area contributed by atoms with Crippen molar-refractivity contribution in [2.24, 2.45) is 0 Å². The number of anilines is 2. The zero-order valence-corrected chi connectivity index (χ0v) is 16.0. The fourth-order valence-corrected chi connectivity index (χ4v) is 3.72. The van der Waals surface area contributed by atoms with Gasteiger partial charge in [-0.3, -0.25) is 4.72 Å². The summed E-state index contributed by atoms with van der Waals surface area (Å²) in [6.07, 6.45) is 2.66. The number of sulfonamides is 1. The van der Waals surface area contributed by atoms with Crippen molar-refractivity contribution in [3.63, 3.8) is 0 Å². The van der Waals surface area contributed by atoms with Gasteiger partial charge in [0.15, 0.2) is 0 Å². The lowest BCUT2D eigenvalue weighted by atomic mass is 10.2. The van der Waals surface area contributed by atoms with Crippen molar-refractivity contribution < 1.29 is 8.42 Å². The van der Waals surface area contributed by atoms with Crippen molar-refractivity contribution in [2.75, 3.05) is 37.2 Å². The SMILES string of the molecule is Cc1ccc(C)c(S(=O)(=O)Nc2ccc(NCCCN(C)C)cn2)c1. The van der Waals surface area contributed by atoms with E-state index in [-0.39, 0.29) is 4.90 Å². The molecule has 2 N–H and O–H groups in total. The van der Waals surface area contributed by atoms with Gasteiger partial charge in [-0.05, 0) is 70.2 Å². The van der Waals surface area contributed by atoms with E-state index in [9.17, 15) is 8.42 Å². The van der Waals surface area contributed by atoms with Gasteiger partial charge in [-0.2, -0.15) is 0 Å². The number of rotatable bonds is 8. The van der Waals surface area contributed by atoms with Gasteiger partial charge in [-0.25, -0.2) is 13.4 Å². The molecule has 6 nitrogen and oxygen atoms in total. The van der Waals surface area contributed by atoms with Gasteiger partial charge < -0.3 is 10.2 Å². The molecule has 7 heteroatoms. The Morgan fingerprint density at radius 2 is 1.88 bits per heavy atom. The van der Waals surface area contributed by atoms with Crippen LogP contribution in [0.5, 0.6) is 0 Å². The average Bonchev–Trinajstić information content (AvgIpc) is 2.55. The molecule has 0 saturated heterocycles. The Morgan fingerprint density at radius 3 is 2.52 bits per heavy atom. The molecule has 0 aliphatic rings. The van der Waals surface area contributed by atoms with Crippen LogP contribution >= 0.6 is 0 Å². The third kappa shape index (κ3) is 5.72. The molecule has 25 heavy (non-hydrogen) atoms. The summed E-state index contributed by atoms with van der Waals surface area (Å²) in [4.78, 5) is 6.60. The molecular weight excluding hydrogens is 336 g/mol. The third-order valence-electron chi connectivity index (χ3n) is 3.75. The summed E-state index contributed by atoms with van der Waals surface area (Å²) in [5.41, 5.74) is 2.47. The van der Waals surface area contributed by atoms with Crippen LogP contribution in [0.15, 0.2) is 41.4 Å². The van der Waals surface area contributed by atoms with Gasteiger partial charge in [0, 0.05) is 6.54 Å². The van der Waals surface area contributed by atoms with E-state index < -0.39 is 10.0 Å². The van der Waals surface area contributed by atoms with E-state index in [1.54, 1.807) is 31.3 Å². The molecule has 1 aromatic carbocycles. The average molecular weight is 362 g/mol. The largest absolute Gasteiger partial charge is 0.384 e. The summed E-state index contributed by atoms with van der Waals surface area (Å²) >= 11 is 0. The predicted molar refractivity (Wildman–Crippen MR) is 103 cm³/mol. The smallest absolute Gasteiger partial charge is 0.263 e. The first-order chi connectivity index (χ1) is 11.8. The maximum absolute atomic E-state index is 12.6. The quantitative estimate of drug-likeness (QED) is 0.707. The van der Waals surface area contributed by atoms with Gasteiger partial charge >= 0.3 is 0 Å². The van der Waals surface area contributed by atoms with E-state index in [2.05, 4.69) is 19.9 Å². The molecular formula is C18H26N4O2S. The van der Waals surface area contributed by atoms with Crippen LogP contribution in [0.1, 0.15) is 17.5 Å². The number of hydrogen-bond acceptors (Lipinski definition) is 5. The highest BCUT2D eigenvalue weighted by molar-refractivity contribution is 7.92. The van der Waals surface area contributed by atoms with Gasteiger partial charge in [-0.15, -0.1) is 0 Å². The van der Waals surface area contributed by atoms with Crippen LogP contribution in [0.25, 0.3) is 0 Å². The van der Waals surface area contributed by atoms with Gasteiger partial charge in [-0.1, -0.05) is 12.1 Å². The second-order valence-corrected chi connectivity index (χ2v) is 8.04. The molecule has 0 saturated carbocycles. The first-order valence-corrected chi connectivity index (χ1v) is 9.71. The van der Waals surface area contributed by atoms with Crippen LogP contribution in [0.2, 0.25) is 0 Å². The first kappa shape index (κ1) is 19.2. The lowest BCUT2D eigenvalue weighted by Gasteiger charge is -2.12. The molecule has 1 aromatic heterocycles. The molecule has 0 unspecified atom stereocenters. The highest BCUT2D eigenvalue weighted by atomic mass is 32.2. The topological polar surface area (TPSA) is 74.3 Å². The monoisotopic (exact) mass is 362 g/mol. The van der Waals surface area contributed by atoms with Gasteiger partial charge in [0.2, 0.25) is 0 Å². The first-order valence-electron chi connectivity index (χ1n) is 8.22. The Kier molecular flexibility index (Phi) is 6.39. The summed E-state index contributed by atoms with van der Waals surface area (Å²) in [6, 6.07) is 8.85. The molecule has 0 aliphatic heterocycles. The summed E-state index contributed by atoms with van der Waals surface area (Å²) in [5.74, 6) is 0.305. The Hall–Kier alpha value is -2.12. The molecule has 2 rings (SSSR count). The Bertz CT molecular complexity index is 802. The zero-order valence-electron chi connectivity index (χ0n) is 15.2. The molecule has 136 valence electrons. The number of pyridine rings is 1. The minimum Gasteiger partial charge on any atom is -0.384 e. The van der Waals surface area contributed by atoms with E-state index in [1.165, 1.54) is 0 Å². The highest BCUT2D eigenvalue weighted by Crippen LogP contribution is 2.20. The second-order valence-electron chi connectivity index (χ2n) is 6.39. The Morgan fingerprint density at radius 1 is 1.12 bits per heavy atom. The van der Waals surface area contributed by atoms with E-state index in [0.29, 0.717) is 11.4 Å². The molecule has 0 radical (unpaired) electrons. The molecule has 0 spiro atoms. The van der Waals surface area contributed by atoms with Crippen LogP contribution in [-0.2, 0) is 10.0 Å². The molecule has 0 amide bonds. The van der Waals surface area contributed by atoms with Crippen molar-refractivity contribution in [1.29, 1.82) is 0 Å². The molecule has 0 aliphatic carbocycles. The summed E-state index contributed by atoms with van der Waals surface area (Å²) in [7, 11) is 0.432. The lowest BCUT2D eigenvalue weighted by Crippen LogP contribution is -2.17. The maximum Gasteiger partial charge on any atom is 0.263 e. The van der Waals surface area contributed by atoms with E-state index >= 15 is 0 Å². The van der Waals surface area contributed by atoms with Gasteiger partial charge in [0.05, 0.1) is 16.8 Å². The van der Waals surface area contributed by atoms with E-state index in [0.717, 1.165) is 30.8 Å². The van der Waals surface area contributed by atoms with E-state index in [1.807, 2.05) is 33.2 Å². The van der Waals surface area contributed by atoms with Gasteiger partial charge in [0.25, 0.3) is 10.0 Å².